The molecule has 206 valence electrons. The summed E-state index contributed by atoms with van der Waals surface area (Å²) in [5, 5.41) is 25.7. The van der Waals surface area contributed by atoms with E-state index in [9.17, 15) is 20.0 Å². The summed E-state index contributed by atoms with van der Waals surface area (Å²) in [5.41, 5.74) is 11.0. The van der Waals surface area contributed by atoms with Gasteiger partial charge in [-0.3, -0.25) is 9.59 Å². The lowest BCUT2D eigenvalue weighted by atomic mass is 9.86. The molecular formula is C26H36N6O6. The molecule has 1 saturated heterocycles. The van der Waals surface area contributed by atoms with Crippen LogP contribution in [0.25, 0.3) is 5.52 Å². The van der Waals surface area contributed by atoms with Crippen molar-refractivity contribution in [1.29, 1.82) is 5.26 Å². The summed E-state index contributed by atoms with van der Waals surface area (Å²) in [7, 11) is 0. The highest BCUT2D eigenvalue weighted by Crippen LogP contribution is 2.40. The third-order valence-corrected chi connectivity index (χ3v) is 7.50. The molecule has 5 atom stereocenters. The van der Waals surface area contributed by atoms with Crippen LogP contribution >= 0.6 is 0 Å². The first-order chi connectivity index (χ1) is 18.1. The summed E-state index contributed by atoms with van der Waals surface area (Å²) >= 11 is 0. The molecule has 12 heteroatoms. The molecule has 0 radical (unpaired) electrons. The fourth-order valence-electron chi connectivity index (χ4n) is 5.21. The maximum Gasteiger partial charge on any atom is 0.323 e. The van der Waals surface area contributed by atoms with Crippen LogP contribution in [0, 0.1) is 23.2 Å². The minimum absolute atomic E-state index is 0.202. The third kappa shape index (κ3) is 5.75. The number of nitrogens with two attached hydrogens (primary N) is 2. The molecule has 2 aromatic rings. The van der Waals surface area contributed by atoms with Crippen molar-refractivity contribution in [1.82, 2.24) is 14.6 Å². The molecule has 12 nitrogen and oxygen atoms in total. The van der Waals surface area contributed by atoms with Gasteiger partial charge in [-0.25, -0.2) is 9.50 Å². The first-order valence-electron chi connectivity index (χ1n) is 13.1. The summed E-state index contributed by atoms with van der Waals surface area (Å²) in [6.07, 6.45) is 2.94. The Morgan fingerprint density at radius 3 is 2.74 bits per heavy atom. The molecule has 5 N–H and O–H groups in total. The van der Waals surface area contributed by atoms with Gasteiger partial charge in [0.2, 0.25) is 0 Å². The van der Waals surface area contributed by atoms with Crippen LogP contribution in [0.1, 0.15) is 64.5 Å². The van der Waals surface area contributed by atoms with Crippen molar-refractivity contribution in [2.75, 3.05) is 12.3 Å². The lowest BCUT2D eigenvalue weighted by Gasteiger charge is -2.43. The number of hydrogen-bond donors (Lipinski definition) is 3. The molecule has 0 unspecified atom stereocenters. The van der Waals surface area contributed by atoms with E-state index in [4.69, 9.17) is 25.7 Å². The molecular weight excluding hydrogens is 492 g/mol. The van der Waals surface area contributed by atoms with E-state index in [1.807, 2.05) is 0 Å². The molecule has 38 heavy (non-hydrogen) atoms. The zero-order valence-electron chi connectivity index (χ0n) is 21.8. The average molecular weight is 529 g/mol. The van der Waals surface area contributed by atoms with E-state index in [2.05, 4.69) is 16.2 Å². The fraction of sp³-hybridized carbons (Fsp3) is 0.654. The van der Waals surface area contributed by atoms with Crippen LogP contribution in [0.2, 0.25) is 0 Å². The van der Waals surface area contributed by atoms with E-state index in [-0.39, 0.29) is 37.1 Å². The Hall–Kier alpha value is -3.27. The number of anilines is 1. The molecule has 2 fully saturated rings. The van der Waals surface area contributed by atoms with Gasteiger partial charge in [-0.1, -0.05) is 33.1 Å². The molecule has 4 rings (SSSR count). The Labute approximate surface area is 221 Å². The van der Waals surface area contributed by atoms with Crippen molar-refractivity contribution in [3.05, 3.63) is 24.2 Å². The van der Waals surface area contributed by atoms with E-state index in [0.717, 1.165) is 25.7 Å². The summed E-state index contributed by atoms with van der Waals surface area (Å²) in [4.78, 5) is 29.3. The first kappa shape index (κ1) is 27.8. The number of esters is 2. The predicted octanol–water partition coefficient (Wildman–Crippen LogP) is 1.59. The molecule has 2 aliphatic rings. The number of nitrogen functional groups attached to an aromatic ring is 1. The molecule has 0 spiro atoms. The zero-order chi connectivity index (χ0) is 27.4. The monoisotopic (exact) mass is 528 g/mol. The van der Waals surface area contributed by atoms with Crippen LogP contribution in [0.3, 0.4) is 0 Å². The molecule has 1 aliphatic heterocycles. The largest absolute Gasteiger partial charge is 0.463 e. The SMILES string of the molecule is CC(C)[C@H](N)C(=O)O[C@H]1[C@@H](O)C[C@](C#N)(c2ccc3c(N)ncnn23)O[C@@H]1COC(=O)CC1CCCCC1. The highest BCUT2D eigenvalue weighted by Gasteiger charge is 2.52. The molecule has 2 aromatic heterocycles. The van der Waals surface area contributed by atoms with Crippen molar-refractivity contribution < 1.29 is 28.9 Å². The lowest BCUT2D eigenvalue weighted by molar-refractivity contribution is -0.228. The second-order valence-electron chi connectivity index (χ2n) is 10.6. The quantitative estimate of drug-likeness (QED) is 0.422. The zero-order valence-corrected chi connectivity index (χ0v) is 21.8. The predicted molar refractivity (Wildman–Crippen MR) is 135 cm³/mol. The number of carbonyl (C=O) groups is 2. The normalized spacial score (nSPS) is 27.1. The number of hydrogen-bond acceptors (Lipinski definition) is 11. The highest BCUT2D eigenvalue weighted by molar-refractivity contribution is 5.76. The second kappa shape index (κ2) is 11.6. The number of rotatable bonds is 8. The lowest BCUT2D eigenvalue weighted by Crippen LogP contribution is -2.57. The van der Waals surface area contributed by atoms with Gasteiger partial charge in [0.05, 0.1) is 11.8 Å². The topological polar surface area (TPSA) is 188 Å². The summed E-state index contributed by atoms with van der Waals surface area (Å²) in [6, 6.07) is 4.49. The molecule has 1 saturated carbocycles. The number of carbonyl (C=O) groups excluding carboxylic acids is 2. The van der Waals surface area contributed by atoms with Gasteiger partial charge in [0.25, 0.3) is 0 Å². The minimum atomic E-state index is -1.70. The molecule has 0 amide bonds. The van der Waals surface area contributed by atoms with Crippen molar-refractivity contribution in [3.8, 4) is 6.07 Å². The van der Waals surface area contributed by atoms with Gasteiger partial charge in [-0.15, -0.1) is 0 Å². The van der Waals surface area contributed by atoms with Gasteiger partial charge >= 0.3 is 11.9 Å². The van der Waals surface area contributed by atoms with E-state index in [0.29, 0.717) is 11.2 Å². The minimum Gasteiger partial charge on any atom is -0.463 e. The number of nitriles is 1. The van der Waals surface area contributed by atoms with Crippen LogP contribution in [-0.4, -0.2) is 62.6 Å². The Balaban J connectivity index is 1.59. The maximum absolute atomic E-state index is 12.7. The smallest absolute Gasteiger partial charge is 0.323 e. The number of nitrogens with zero attached hydrogens (tertiary/aromatic N) is 4. The standard InChI is InChI=1S/C26H36N6O6/c1-15(2)22(28)25(35)37-23-18(33)11-26(13-27,20-9-8-17-24(29)30-14-31-32(17)20)38-19(23)12-36-21(34)10-16-6-4-3-5-7-16/h8-9,14-16,18-19,22-23,33H,3-7,10-12,28H2,1-2H3,(H2,29,30,31)/t18-,19+,22-,23-,26-/m0/s1. The number of aliphatic hydroxyl groups is 1. The van der Waals surface area contributed by atoms with E-state index in [1.54, 1.807) is 26.0 Å². The van der Waals surface area contributed by atoms with Crippen LogP contribution < -0.4 is 11.5 Å². The number of fused-ring (bicyclic) bond motifs is 1. The van der Waals surface area contributed by atoms with Gasteiger partial charge in [-0.05, 0) is 36.8 Å². The maximum atomic E-state index is 12.7. The van der Waals surface area contributed by atoms with Crippen LogP contribution in [0.4, 0.5) is 5.82 Å². The van der Waals surface area contributed by atoms with Crippen LogP contribution in [0.5, 0.6) is 0 Å². The van der Waals surface area contributed by atoms with Crippen molar-refractivity contribution in [2.45, 2.75) is 88.7 Å². The summed E-state index contributed by atoms with van der Waals surface area (Å²) < 4.78 is 18.8. The van der Waals surface area contributed by atoms with E-state index in [1.165, 1.54) is 17.3 Å². The van der Waals surface area contributed by atoms with Gasteiger partial charge in [0, 0.05) is 12.8 Å². The average Bonchev–Trinajstić information content (AvgIpc) is 3.35. The number of aromatic nitrogens is 3. The van der Waals surface area contributed by atoms with Gasteiger partial charge in [0.15, 0.2) is 17.5 Å². The van der Waals surface area contributed by atoms with Crippen molar-refractivity contribution in [3.63, 3.8) is 0 Å². The Bertz CT molecular complexity index is 1190. The van der Waals surface area contributed by atoms with Crippen LogP contribution in [-0.2, 0) is 29.4 Å². The van der Waals surface area contributed by atoms with Gasteiger partial charge in [-0.2, -0.15) is 10.4 Å². The fourth-order valence-corrected chi connectivity index (χ4v) is 5.21. The first-order valence-corrected chi connectivity index (χ1v) is 13.1. The van der Waals surface area contributed by atoms with E-state index < -0.39 is 41.9 Å². The second-order valence-corrected chi connectivity index (χ2v) is 10.6. The summed E-state index contributed by atoms with van der Waals surface area (Å²) in [5.74, 6) is -0.850. The van der Waals surface area contributed by atoms with Gasteiger partial charge < -0.3 is 30.8 Å². The molecule has 1 aliphatic carbocycles. The Morgan fingerprint density at radius 1 is 1.32 bits per heavy atom. The van der Waals surface area contributed by atoms with Crippen molar-refractivity contribution in [2.24, 2.45) is 17.6 Å². The highest BCUT2D eigenvalue weighted by atomic mass is 16.6. The molecule has 0 aromatic carbocycles. The molecule has 0 bridgehead atoms. The summed E-state index contributed by atoms with van der Waals surface area (Å²) in [6.45, 7) is 3.23. The Kier molecular flexibility index (Phi) is 8.50. The molecule has 3 heterocycles. The number of ether oxygens (including phenoxy) is 3. The van der Waals surface area contributed by atoms with E-state index >= 15 is 0 Å². The van der Waals surface area contributed by atoms with Crippen LogP contribution in [0.15, 0.2) is 18.5 Å². The third-order valence-electron chi connectivity index (χ3n) is 7.50. The van der Waals surface area contributed by atoms with Gasteiger partial charge in [0.1, 0.15) is 36.7 Å². The Morgan fingerprint density at radius 2 is 2.05 bits per heavy atom. The van der Waals surface area contributed by atoms with Crippen molar-refractivity contribution >= 4 is 23.3 Å². The number of aliphatic hydroxyl groups excluding tert-OH is 1.